The number of hydrogen-bond donors (Lipinski definition) is 0. The normalized spacial score (nSPS) is 18.3. The fourth-order valence-electron chi connectivity index (χ4n) is 8.70. The molecule has 0 fully saturated rings. The van der Waals surface area contributed by atoms with E-state index in [0.717, 1.165) is 6.42 Å². The van der Waals surface area contributed by atoms with Crippen molar-refractivity contribution < 1.29 is 0 Å². The lowest BCUT2D eigenvalue weighted by Crippen LogP contribution is -2.82. The van der Waals surface area contributed by atoms with Gasteiger partial charge in [0.25, 0.3) is 0 Å². The average Bonchev–Trinajstić information content (AvgIpc) is 3.40. The predicted molar refractivity (Wildman–Crippen MR) is 202 cm³/mol. The van der Waals surface area contributed by atoms with Crippen LogP contribution in [0.3, 0.4) is 0 Å². The third-order valence-corrected chi connectivity index (χ3v) is 18.8. The van der Waals surface area contributed by atoms with Crippen molar-refractivity contribution in [2.24, 2.45) is 0 Å². The Balaban J connectivity index is 1.41. The number of nitrogens with zero attached hydrogens (tertiary/aromatic N) is 1. The highest BCUT2D eigenvalue weighted by Crippen LogP contribution is 2.40. The Morgan fingerprint density at radius 2 is 1.49 bits per heavy atom. The van der Waals surface area contributed by atoms with Gasteiger partial charge in [0.2, 0.25) is 6.71 Å². The summed E-state index contributed by atoms with van der Waals surface area (Å²) in [6.45, 7) is 10.4. The first-order chi connectivity index (χ1) is 21.9. The maximum absolute atomic E-state index is 2.67. The number of aromatic nitrogens is 1. The zero-order valence-corrected chi connectivity index (χ0v) is 29.5. The van der Waals surface area contributed by atoms with Crippen molar-refractivity contribution in [3.05, 3.63) is 120 Å². The lowest BCUT2D eigenvalue weighted by atomic mass is 9.36. The lowest BCUT2D eigenvalue weighted by molar-refractivity contribution is 0.666. The number of para-hydroxylation sites is 1. The van der Waals surface area contributed by atoms with Crippen molar-refractivity contribution in [1.29, 1.82) is 0 Å². The van der Waals surface area contributed by atoms with E-state index in [2.05, 4.69) is 140 Å². The Labute approximate surface area is 273 Å². The van der Waals surface area contributed by atoms with Crippen LogP contribution in [0.4, 0.5) is 0 Å². The molecule has 0 radical (unpaired) electrons. The molecule has 1 unspecified atom stereocenters. The van der Waals surface area contributed by atoms with Crippen LogP contribution in [-0.2, 0) is 12.8 Å². The van der Waals surface area contributed by atoms with Gasteiger partial charge in [0.1, 0.15) is 8.07 Å². The summed E-state index contributed by atoms with van der Waals surface area (Å²) in [4.78, 5) is 2.88. The summed E-state index contributed by atoms with van der Waals surface area (Å²) in [5.41, 5.74) is 10.4. The molecule has 45 heavy (non-hydrogen) atoms. The van der Waals surface area contributed by atoms with Crippen LogP contribution in [0.1, 0.15) is 24.1 Å². The Morgan fingerprint density at radius 3 is 2.33 bits per heavy atom. The Kier molecular flexibility index (Phi) is 6.17. The van der Waals surface area contributed by atoms with Crippen molar-refractivity contribution in [3.63, 3.8) is 0 Å². The molecule has 0 amide bonds. The largest absolute Gasteiger partial charge is 0.312 e. The molecule has 220 valence electrons. The molecule has 1 atom stereocenters. The Bertz CT molecular complexity index is 2160. The van der Waals surface area contributed by atoms with Crippen LogP contribution in [0.2, 0.25) is 26.2 Å². The fraction of sp³-hybridized carbons (Fsp3) is 0.200. The van der Waals surface area contributed by atoms with Gasteiger partial charge >= 0.3 is 0 Å². The van der Waals surface area contributed by atoms with E-state index in [1.165, 1.54) is 67.5 Å². The first-order valence-corrected chi connectivity index (χ1v) is 23.4. The van der Waals surface area contributed by atoms with E-state index in [1.54, 1.807) is 26.6 Å². The van der Waals surface area contributed by atoms with E-state index in [9.17, 15) is 0 Å². The van der Waals surface area contributed by atoms with E-state index in [0.29, 0.717) is 0 Å². The summed E-state index contributed by atoms with van der Waals surface area (Å²) < 4.78 is 2.67. The third kappa shape index (κ3) is 3.93. The predicted octanol–water partition coefficient (Wildman–Crippen LogP) is 5.45. The molecule has 2 aliphatic heterocycles. The highest BCUT2D eigenvalue weighted by Gasteiger charge is 2.49. The van der Waals surface area contributed by atoms with Gasteiger partial charge in [-0.25, -0.2) is 0 Å². The van der Waals surface area contributed by atoms with Crippen LogP contribution in [0.25, 0.3) is 16.6 Å². The first kappa shape index (κ1) is 27.8. The lowest BCUT2D eigenvalue weighted by Gasteiger charge is -2.44. The van der Waals surface area contributed by atoms with Crippen molar-refractivity contribution in [3.8, 4) is 5.69 Å². The summed E-state index contributed by atoms with van der Waals surface area (Å²) in [6.07, 6.45) is 4.91. The number of aryl methyl sites for hydroxylation is 1. The average molecular weight is 632 g/mol. The van der Waals surface area contributed by atoms with E-state index in [4.69, 9.17) is 0 Å². The molecular formula is C40H38BNSSi2. The van der Waals surface area contributed by atoms with Gasteiger partial charge in [-0.2, -0.15) is 0 Å². The minimum atomic E-state index is -2.33. The summed E-state index contributed by atoms with van der Waals surface area (Å²) in [5, 5.41) is 7.75. The van der Waals surface area contributed by atoms with Gasteiger partial charge in [0.15, 0.2) is 0 Å². The monoisotopic (exact) mass is 631 g/mol. The van der Waals surface area contributed by atoms with E-state index >= 15 is 0 Å². The van der Waals surface area contributed by atoms with Gasteiger partial charge in [0.05, 0.1) is 19.3 Å². The zero-order valence-electron chi connectivity index (χ0n) is 26.7. The van der Waals surface area contributed by atoms with Crippen molar-refractivity contribution >= 4 is 82.7 Å². The van der Waals surface area contributed by atoms with Crippen LogP contribution in [0.15, 0.2) is 119 Å². The summed E-state index contributed by atoms with van der Waals surface area (Å²) in [7, 11) is -3.85. The number of benzene rings is 5. The molecule has 0 saturated carbocycles. The second kappa shape index (κ2) is 9.99. The summed E-state index contributed by atoms with van der Waals surface area (Å²) >= 11 is 2.02. The van der Waals surface area contributed by atoms with Crippen LogP contribution in [0, 0.1) is 0 Å². The van der Waals surface area contributed by atoms with Crippen LogP contribution >= 0.6 is 11.8 Å². The molecule has 0 spiro atoms. The smallest absolute Gasteiger partial charge is 0.244 e. The molecule has 1 aromatic heterocycles. The second-order valence-corrected chi connectivity index (χ2v) is 24.5. The van der Waals surface area contributed by atoms with Crippen molar-refractivity contribution in [2.75, 3.05) is 0 Å². The molecule has 9 rings (SSSR count). The molecular weight excluding hydrogens is 593 g/mol. The minimum absolute atomic E-state index is 0.250. The van der Waals surface area contributed by atoms with Gasteiger partial charge in [-0.1, -0.05) is 161 Å². The molecule has 6 aromatic rings. The van der Waals surface area contributed by atoms with Crippen LogP contribution < -0.4 is 37.1 Å². The SMILES string of the molecule is C[Si](C)(C)c1ccc2c(c1)[Si](C)(c1ccccc1)c1ccc(-n3c4c(c5ccccc53)CCCC4)c3c1B2c1ccccc1S3. The maximum atomic E-state index is 2.67. The maximum Gasteiger partial charge on any atom is 0.244 e. The molecule has 5 aromatic carbocycles. The Hall–Kier alpha value is -3.51. The molecule has 3 aliphatic rings. The van der Waals surface area contributed by atoms with Gasteiger partial charge in [-0.15, -0.1) is 0 Å². The molecule has 5 heteroatoms. The molecule has 1 aliphatic carbocycles. The fourth-order valence-corrected chi connectivity index (χ4v) is 15.6. The minimum Gasteiger partial charge on any atom is -0.312 e. The summed E-state index contributed by atoms with van der Waals surface area (Å²) in [6, 6.07) is 42.7. The Morgan fingerprint density at radius 1 is 0.733 bits per heavy atom. The van der Waals surface area contributed by atoms with Gasteiger partial charge in [-0.05, 0) is 54.6 Å². The molecule has 3 heterocycles. The van der Waals surface area contributed by atoms with E-state index in [1.807, 2.05) is 11.8 Å². The molecule has 1 nitrogen and oxygen atoms in total. The third-order valence-electron chi connectivity index (χ3n) is 11.0. The standard InChI is InChI=1S/C40H38BNSSi2/c1-44(2,3)28-22-23-32-38(26-28)45(4,27-14-6-5-7-15-27)37-25-24-35(40-39(37)41(32)31-18-10-13-21-36(31)43-40)42-33-19-11-8-16-29(33)30-17-9-12-20-34(30)42/h5-8,10-11,13-16,18-19,21-26H,9,12,17,20H2,1-4H3. The number of fused-ring (bicyclic) bond motifs is 7. The van der Waals surface area contributed by atoms with Crippen LogP contribution in [0.5, 0.6) is 0 Å². The van der Waals surface area contributed by atoms with Crippen molar-refractivity contribution in [1.82, 2.24) is 4.57 Å². The quantitative estimate of drug-likeness (QED) is 0.235. The highest BCUT2D eigenvalue weighted by molar-refractivity contribution is 8.00. The topological polar surface area (TPSA) is 4.93 Å². The van der Waals surface area contributed by atoms with Crippen molar-refractivity contribution in [2.45, 2.75) is 61.7 Å². The molecule has 0 bridgehead atoms. The van der Waals surface area contributed by atoms with E-state index < -0.39 is 16.1 Å². The highest BCUT2D eigenvalue weighted by atomic mass is 32.2. The van der Waals surface area contributed by atoms with Gasteiger partial charge < -0.3 is 4.57 Å². The first-order valence-electron chi connectivity index (χ1n) is 16.6. The second-order valence-electron chi connectivity index (χ2n) is 14.5. The molecule has 0 N–H and O–H groups in total. The zero-order chi connectivity index (χ0) is 30.5. The van der Waals surface area contributed by atoms with Crippen LogP contribution in [-0.4, -0.2) is 27.4 Å². The molecule has 0 saturated heterocycles. The van der Waals surface area contributed by atoms with Gasteiger partial charge in [0, 0.05) is 20.9 Å². The van der Waals surface area contributed by atoms with E-state index in [-0.39, 0.29) is 6.71 Å². The number of hydrogen-bond acceptors (Lipinski definition) is 1. The number of rotatable bonds is 3. The summed E-state index contributed by atoms with van der Waals surface area (Å²) in [5.74, 6) is 0. The van der Waals surface area contributed by atoms with Gasteiger partial charge in [-0.3, -0.25) is 0 Å².